The quantitative estimate of drug-likeness (QED) is 0.0169. The van der Waals surface area contributed by atoms with E-state index >= 15 is 0 Å². The predicted octanol–water partition coefficient (Wildman–Crippen LogP) is 23.0. The van der Waals surface area contributed by atoms with Crippen molar-refractivity contribution < 1.29 is 80.2 Å². The molecule has 0 saturated carbocycles. The molecule has 0 saturated heterocycles. The third-order valence-electron chi connectivity index (χ3n) is 16.8. The highest BCUT2D eigenvalue weighted by atomic mass is 31.2. The van der Waals surface area contributed by atoms with Gasteiger partial charge in [-0.3, -0.25) is 37.3 Å². The van der Waals surface area contributed by atoms with Gasteiger partial charge in [-0.15, -0.1) is 0 Å². The number of phosphoric acid groups is 2. The second kappa shape index (κ2) is 73.5. The molecule has 19 heteroatoms. The lowest BCUT2D eigenvalue weighted by atomic mass is 10.1. The van der Waals surface area contributed by atoms with Gasteiger partial charge in [0.05, 0.1) is 26.4 Å². The highest BCUT2D eigenvalue weighted by Gasteiger charge is 2.30. The zero-order valence-corrected chi connectivity index (χ0v) is 65.2. The Labute approximate surface area is 608 Å². The van der Waals surface area contributed by atoms with Gasteiger partial charge in [-0.1, -0.05) is 267 Å². The van der Waals surface area contributed by atoms with Crippen LogP contribution in [0.4, 0.5) is 0 Å². The third kappa shape index (κ3) is 72.6. The maximum atomic E-state index is 13.1. The van der Waals surface area contributed by atoms with E-state index in [0.29, 0.717) is 32.1 Å². The SMILES string of the molecule is CCCCC/C=C\C/C=C\C/C=C\C/C=C\CCCC(=O)O[C@H](COC(=O)CCCCCCCCC/C=C\CCCCCC)COP(=O)(O)OC[C@@H](O)COP(=O)(O)OC[C@@H](COC(=O)CCCCCCCCC/C=C\CCCCCC)OC(=O)CCCCCCC/C=C\CCCCCC. The summed E-state index contributed by atoms with van der Waals surface area (Å²) < 4.78 is 68.5. The van der Waals surface area contributed by atoms with Crippen LogP contribution in [0.15, 0.2) is 85.1 Å². The zero-order chi connectivity index (χ0) is 73.2. The number of phosphoric ester groups is 2. The molecule has 0 amide bonds. The van der Waals surface area contributed by atoms with E-state index in [1.54, 1.807) is 0 Å². The van der Waals surface area contributed by atoms with Crippen LogP contribution in [-0.4, -0.2) is 96.7 Å². The van der Waals surface area contributed by atoms with Crippen LogP contribution in [0, 0.1) is 0 Å². The van der Waals surface area contributed by atoms with Gasteiger partial charge in [0.1, 0.15) is 19.3 Å². The fourth-order valence-electron chi connectivity index (χ4n) is 10.7. The number of carbonyl (C=O) groups is 4. The fourth-order valence-corrected chi connectivity index (χ4v) is 12.2. The van der Waals surface area contributed by atoms with E-state index in [2.05, 4.69) is 101 Å². The molecule has 0 aliphatic carbocycles. The Balaban J connectivity index is 5.39. The summed E-state index contributed by atoms with van der Waals surface area (Å²) in [7, 11) is -9.97. The minimum atomic E-state index is -4.99. The van der Waals surface area contributed by atoms with Crippen molar-refractivity contribution in [3.8, 4) is 0 Å². The normalized spacial score (nSPS) is 14.3. The molecule has 0 aromatic carbocycles. The van der Waals surface area contributed by atoms with Gasteiger partial charge in [0, 0.05) is 25.7 Å². The van der Waals surface area contributed by atoms with Crippen molar-refractivity contribution >= 4 is 39.5 Å². The lowest BCUT2D eigenvalue weighted by molar-refractivity contribution is -0.161. The Morgan fingerprint density at radius 2 is 0.500 bits per heavy atom. The van der Waals surface area contributed by atoms with Gasteiger partial charge in [0.2, 0.25) is 0 Å². The molecule has 0 radical (unpaired) electrons. The predicted molar refractivity (Wildman–Crippen MR) is 409 cm³/mol. The molecule has 0 fully saturated rings. The largest absolute Gasteiger partial charge is 0.472 e. The third-order valence-corrected chi connectivity index (χ3v) is 18.7. The van der Waals surface area contributed by atoms with Crippen molar-refractivity contribution in [3.63, 3.8) is 0 Å². The number of aliphatic hydroxyl groups excluding tert-OH is 1. The topological polar surface area (TPSA) is 237 Å². The summed E-state index contributed by atoms with van der Waals surface area (Å²) >= 11 is 0. The Morgan fingerprint density at radius 1 is 0.280 bits per heavy atom. The Morgan fingerprint density at radius 3 is 0.820 bits per heavy atom. The van der Waals surface area contributed by atoms with Crippen LogP contribution in [0.2, 0.25) is 0 Å². The van der Waals surface area contributed by atoms with E-state index in [1.165, 1.54) is 122 Å². The minimum absolute atomic E-state index is 0.0199. The van der Waals surface area contributed by atoms with Crippen LogP contribution < -0.4 is 0 Å². The van der Waals surface area contributed by atoms with Crippen LogP contribution in [0.3, 0.4) is 0 Å². The van der Waals surface area contributed by atoms with Gasteiger partial charge in [-0.05, 0) is 141 Å². The molecular weight excluding hydrogens is 1310 g/mol. The summed E-state index contributed by atoms with van der Waals surface area (Å²) in [4.78, 5) is 72.9. The molecule has 17 nitrogen and oxygen atoms in total. The van der Waals surface area contributed by atoms with Crippen molar-refractivity contribution in [2.45, 2.75) is 367 Å². The number of rotatable bonds is 75. The summed E-state index contributed by atoms with van der Waals surface area (Å²) in [5.41, 5.74) is 0. The first-order valence-corrected chi connectivity index (χ1v) is 42.8. The molecule has 0 rings (SSSR count). The van der Waals surface area contributed by atoms with Crippen LogP contribution >= 0.6 is 15.6 Å². The molecule has 0 spiro atoms. The Bertz CT molecular complexity index is 2230. The highest BCUT2D eigenvalue weighted by Crippen LogP contribution is 2.45. The number of carbonyl (C=O) groups excluding carboxylic acids is 4. The van der Waals surface area contributed by atoms with Crippen LogP contribution in [0.5, 0.6) is 0 Å². The number of ether oxygens (including phenoxy) is 4. The van der Waals surface area contributed by atoms with E-state index in [9.17, 15) is 43.2 Å². The summed E-state index contributed by atoms with van der Waals surface area (Å²) in [6.45, 7) is 4.77. The van der Waals surface area contributed by atoms with Crippen molar-refractivity contribution in [1.82, 2.24) is 0 Å². The second-order valence-electron chi connectivity index (χ2n) is 26.6. The molecule has 0 aromatic rings. The second-order valence-corrected chi connectivity index (χ2v) is 29.5. The first kappa shape index (κ1) is 96.2. The van der Waals surface area contributed by atoms with Gasteiger partial charge in [0.25, 0.3) is 0 Å². The zero-order valence-electron chi connectivity index (χ0n) is 63.4. The maximum Gasteiger partial charge on any atom is 0.472 e. The molecule has 0 aliphatic heterocycles. The van der Waals surface area contributed by atoms with E-state index in [-0.39, 0.29) is 25.7 Å². The summed E-state index contributed by atoms with van der Waals surface area (Å²) in [6.07, 6.45) is 75.7. The van der Waals surface area contributed by atoms with Gasteiger partial charge < -0.3 is 33.8 Å². The summed E-state index contributed by atoms with van der Waals surface area (Å²) in [6, 6.07) is 0. The molecule has 0 bridgehead atoms. The number of allylic oxidation sites excluding steroid dienone is 14. The smallest absolute Gasteiger partial charge is 0.462 e. The Kier molecular flexibility index (Phi) is 70.8. The standard InChI is InChI=1S/C81H144O17P2/c1-5-9-13-17-21-25-29-33-36-37-40-44-48-52-56-60-64-68-81(86)98-77(72-92-79(84)66-62-58-54-50-46-43-39-35-31-27-23-19-15-11-7-3)74-96-100(89,90)94-70-75(82)69-93-99(87,88)95-73-76(97-80(85)67-63-59-55-51-47-41-32-28-24-20-16-12-8-4)71-91-78(83)65-61-57-53-49-45-42-38-34-30-26-22-18-14-10-6-2/h21,25-28,30-33,36,40,44,52,56,75-77,82H,5-20,22-24,29,34-35,37-39,41-43,45-51,53-55,57-74H2,1-4H3,(H,87,88)(H,89,90)/b25-21-,30-26-,31-27-,32-28-,36-33-,44-40-,56-52-/t75-,76+,77+/m0/s1. The number of hydrogen-bond acceptors (Lipinski definition) is 15. The lowest BCUT2D eigenvalue weighted by Crippen LogP contribution is -2.30. The van der Waals surface area contributed by atoms with Gasteiger partial charge in [0.15, 0.2) is 12.2 Å². The number of hydrogen-bond donors (Lipinski definition) is 3. The molecule has 0 heterocycles. The molecule has 5 atom stereocenters. The summed E-state index contributed by atoms with van der Waals surface area (Å²) in [5.74, 6) is -2.24. The maximum absolute atomic E-state index is 13.1. The number of esters is 4. The molecule has 580 valence electrons. The first-order chi connectivity index (χ1) is 48.7. The summed E-state index contributed by atoms with van der Waals surface area (Å²) in [5, 5.41) is 10.6. The van der Waals surface area contributed by atoms with Gasteiger partial charge in [-0.2, -0.15) is 0 Å². The Hall–Kier alpha value is -3.76. The monoisotopic (exact) mass is 1450 g/mol. The average molecular weight is 1450 g/mol. The van der Waals surface area contributed by atoms with Crippen LogP contribution in [0.25, 0.3) is 0 Å². The first-order valence-electron chi connectivity index (χ1n) is 39.8. The van der Waals surface area contributed by atoms with E-state index in [0.717, 1.165) is 141 Å². The van der Waals surface area contributed by atoms with E-state index < -0.39 is 97.5 Å². The minimum Gasteiger partial charge on any atom is -0.462 e. The van der Waals surface area contributed by atoms with Crippen LogP contribution in [-0.2, 0) is 65.4 Å². The van der Waals surface area contributed by atoms with Crippen molar-refractivity contribution in [2.75, 3.05) is 39.6 Å². The van der Waals surface area contributed by atoms with Crippen LogP contribution in [0.1, 0.15) is 349 Å². The fraction of sp³-hybridized carbons (Fsp3) is 0.778. The molecule has 3 N–H and O–H groups in total. The molecule has 100 heavy (non-hydrogen) atoms. The highest BCUT2D eigenvalue weighted by molar-refractivity contribution is 7.47. The van der Waals surface area contributed by atoms with Crippen molar-refractivity contribution in [2.24, 2.45) is 0 Å². The average Bonchev–Trinajstić information content (AvgIpc) is 0.962. The van der Waals surface area contributed by atoms with Gasteiger partial charge >= 0.3 is 39.5 Å². The lowest BCUT2D eigenvalue weighted by Gasteiger charge is -2.21. The van der Waals surface area contributed by atoms with E-state index in [1.807, 2.05) is 12.2 Å². The molecule has 0 aromatic heterocycles. The van der Waals surface area contributed by atoms with Crippen molar-refractivity contribution in [1.29, 1.82) is 0 Å². The van der Waals surface area contributed by atoms with Crippen molar-refractivity contribution in [3.05, 3.63) is 85.1 Å². The molecule has 2 unspecified atom stereocenters. The molecule has 0 aliphatic rings. The number of unbranched alkanes of at least 4 members (excludes halogenated alkanes) is 35. The number of aliphatic hydroxyl groups is 1. The van der Waals surface area contributed by atoms with Gasteiger partial charge in [-0.25, -0.2) is 9.13 Å². The van der Waals surface area contributed by atoms with E-state index in [4.69, 9.17) is 37.0 Å². The molecular formula is C81H144O17P2.